The summed E-state index contributed by atoms with van der Waals surface area (Å²) in [7, 11) is -3.44. The standard InChI is InChI=1S/C17H26N4O2S2/c1-4-21(5-2)17-19-13-15(24-17)12-18-10-11-20-25(22,23)16-8-6-14(3)7-9-16/h6-9,13,18,20H,4-5,10-12H2,1-3H3. The normalized spacial score (nSPS) is 11.6. The first-order valence-electron chi connectivity index (χ1n) is 8.43. The van der Waals surface area contributed by atoms with Crippen LogP contribution in [0.1, 0.15) is 24.3 Å². The molecule has 6 nitrogen and oxygen atoms in total. The smallest absolute Gasteiger partial charge is 0.240 e. The van der Waals surface area contributed by atoms with Gasteiger partial charge in [-0.05, 0) is 32.9 Å². The summed E-state index contributed by atoms with van der Waals surface area (Å²) in [6, 6.07) is 6.84. The number of aromatic nitrogens is 1. The van der Waals surface area contributed by atoms with Crippen molar-refractivity contribution in [3.63, 3.8) is 0 Å². The third-order valence-corrected chi connectivity index (χ3v) is 6.33. The molecule has 8 heteroatoms. The van der Waals surface area contributed by atoms with Crippen molar-refractivity contribution < 1.29 is 8.42 Å². The summed E-state index contributed by atoms with van der Waals surface area (Å²) in [4.78, 5) is 8.09. The highest BCUT2D eigenvalue weighted by Gasteiger charge is 2.12. The lowest BCUT2D eigenvalue weighted by atomic mass is 10.2. The van der Waals surface area contributed by atoms with Gasteiger partial charge >= 0.3 is 0 Å². The van der Waals surface area contributed by atoms with Crippen molar-refractivity contribution in [3.8, 4) is 0 Å². The van der Waals surface area contributed by atoms with Crippen molar-refractivity contribution in [3.05, 3.63) is 40.9 Å². The van der Waals surface area contributed by atoms with Gasteiger partial charge < -0.3 is 10.2 Å². The molecule has 25 heavy (non-hydrogen) atoms. The maximum absolute atomic E-state index is 12.2. The van der Waals surface area contributed by atoms with Gasteiger partial charge in [0.25, 0.3) is 0 Å². The van der Waals surface area contributed by atoms with Crippen molar-refractivity contribution >= 4 is 26.5 Å². The Balaban J connectivity index is 1.75. The number of anilines is 1. The van der Waals surface area contributed by atoms with Gasteiger partial charge in [-0.3, -0.25) is 0 Å². The predicted octanol–water partition coefficient (Wildman–Crippen LogP) is 2.37. The highest BCUT2D eigenvalue weighted by atomic mass is 32.2. The third kappa shape index (κ3) is 5.78. The van der Waals surface area contributed by atoms with Crippen LogP contribution in [0.4, 0.5) is 5.13 Å². The second kappa shape index (κ2) is 9.28. The van der Waals surface area contributed by atoms with E-state index in [9.17, 15) is 8.42 Å². The highest BCUT2D eigenvalue weighted by Crippen LogP contribution is 2.21. The fourth-order valence-electron chi connectivity index (χ4n) is 2.31. The van der Waals surface area contributed by atoms with Gasteiger partial charge in [-0.1, -0.05) is 17.7 Å². The van der Waals surface area contributed by atoms with Crippen LogP contribution in [0.25, 0.3) is 0 Å². The fraction of sp³-hybridized carbons (Fsp3) is 0.471. The van der Waals surface area contributed by atoms with Gasteiger partial charge in [-0.25, -0.2) is 18.1 Å². The molecule has 0 saturated carbocycles. The maximum Gasteiger partial charge on any atom is 0.240 e. The summed E-state index contributed by atoms with van der Waals surface area (Å²) in [6.45, 7) is 9.63. The molecule has 0 amide bonds. The monoisotopic (exact) mass is 382 g/mol. The molecule has 0 unspecified atom stereocenters. The van der Waals surface area contributed by atoms with E-state index in [2.05, 4.69) is 33.8 Å². The molecule has 0 aliphatic carbocycles. The predicted molar refractivity (Wildman–Crippen MR) is 104 cm³/mol. The zero-order valence-corrected chi connectivity index (χ0v) is 16.6. The van der Waals surface area contributed by atoms with Crippen LogP contribution in [0.3, 0.4) is 0 Å². The van der Waals surface area contributed by atoms with Crippen molar-refractivity contribution in [2.75, 3.05) is 31.1 Å². The molecule has 1 heterocycles. The number of nitrogens with one attached hydrogen (secondary N) is 2. The summed E-state index contributed by atoms with van der Waals surface area (Å²) in [5.41, 5.74) is 1.04. The zero-order valence-electron chi connectivity index (χ0n) is 14.9. The average molecular weight is 383 g/mol. The molecule has 1 aromatic carbocycles. The molecule has 2 N–H and O–H groups in total. The largest absolute Gasteiger partial charge is 0.349 e. The van der Waals surface area contributed by atoms with Crippen LogP contribution in [-0.2, 0) is 16.6 Å². The Labute approximate surface area is 154 Å². The number of rotatable bonds is 10. The average Bonchev–Trinajstić information content (AvgIpc) is 3.05. The van der Waals surface area contributed by atoms with Crippen LogP contribution in [0, 0.1) is 6.92 Å². The Morgan fingerprint density at radius 1 is 1.12 bits per heavy atom. The van der Waals surface area contributed by atoms with Crippen molar-refractivity contribution in [2.45, 2.75) is 32.2 Å². The molecule has 0 bridgehead atoms. The quantitative estimate of drug-likeness (QED) is 0.617. The molecule has 2 aromatic rings. The first-order valence-corrected chi connectivity index (χ1v) is 10.7. The van der Waals surface area contributed by atoms with E-state index in [0.717, 1.165) is 28.7 Å². The number of thiazole rings is 1. The molecule has 0 radical (unpaired) electrons. The van der Waals surface area contributed by atoms with Gasteiger partial charge in [-0.2, -0.15) is 0 Å². The summed E-state index contributed by atoms with van der Waals surface area (Å²) < 4.78 is 26.9. The minimum absolute atomic E-state index is 0.296. The van der Waals surface area contributed by atoms with E-state index in [0.29, 0.717) is 24.5 Å². The second-order valence-corrected chi connectivity index (χ2v) is 8.53. The van der Waals surface area contributed by atoms with E-state index in [1.54, 1.807) is 35.6 Å². The Morgan fingerprint density at radius 2 is 1.80 bits per heavy atom. The maximum atomic E-state index is 12.2. The first kappa shape index (κ1) is 19.8. The van der Waals surface area contributed by atoms with Crippen LogP contribution in [0.15, 0.2) is 35.4 Å². The molecule has 0 atom stereocenters. The number of hydrogen-bond donors (Lipinski definition) is 2. The lowest BCUT2D eigenvalue weighted by Gasteiger charge is -2.16. The Hall–Kier alpha value is -1.48. The van der Waals surface area contributed by atoms with Crippen LogP contribution >= 0.6 is 11.3 Å². The molecule has 0 aliphatic heterocycles. The minimum Gasteiger partial charge on any atom is -0.349 e. The molecule has 0 spiro atoms. The van der Waals surface area contributed by atoms with Crippen LogP contribution in [-0.4, -0.2) is 39.6 Å². The molecule has 0 saturated heterocycles. The topological polar surface area (TPSA) is 74.3 Å². The lowest BCUT2D eigenvalue weighted by molar-refractivity contribution is 0.576. The molecular weight excluding hydrogens is 356 g/mol. The number of hydrogen-bond acceptors (Lipinski definition) is 6. The van der Waals surface area contributed by atoms with Gasteiger partial charge in [0.15, 0.2) is 5.13 Å². The number of nitrogens with zero attached hydrogens (tertiary/aromatic N) is 2. The van der Waals surface area contributed by atoms with Gasteiger partial charge in [0.2, 0.25) is 10.0 Å². The van der Waals surface area contributed by atoms with Crippen molar-refractivity contribution in [1.29, 1.82) is 0 Å². The number of benzene rings is 1. The van der Waals surface area contributed by atoms with Crippen molar-refractivity contribution in [1.82, 2.24) is 15.0 Å². The zero-order chi connectivity index (χ0) is 18.3. The molecule has 0 aliphatic rings. The number of sulfonamides is 1. The lowest BCUT2D eigenvalue weighted by Crippen LogP contribution is -2.31. The minimum atomic E-state index is -3.44. The van der Waals surface area contributed by atoms with E-state index in [4.69, 9.17) is 0 Å². The van der Waals surface area contributed by atoms with E-state index < -0.39 is 10.0 Å². The summed E-state index contributed by atoms with van der Waals surface area (Å²) in [5.74, 6) is 0. The van der Waals surface area contributed by atoms with Crippen LogP contribution < -0.4 is 14.9 Å². The Kier molecular flexibility index (Phi) is 7.37. The number of aryl methyl sites for hydroxylation is 1. The molecule has 0 fully saturated rings. The summed E-state index contributed by atoms with van der Waals surface area (Å²) >= 11 is 1.67. The van der Waals surface area contributed by atoms with E-state index in [1.807, 2.05) is 13.1 Å². The molecule has 138 valence electrons. The van der Waals surface area contributed by atoms with Gasteiger partial charge in [0, 0.05) is 43.8 Å². The van der Waals surface area contributed by atoms with Crippen LogP contribution in [0.2, 0.25) is 0 Å². The highest BCUT2D eigenvalue weighted by molar-refractivity contribution is 7.89. The van der Waals surface area contributed by atoms with Gasteiger partial charge in [0.05, 0.1) is 4.90 Å². The Morgan fingerprint density at radius 3 is 2.44 bits per heavy atom. The van der Waals surface area contributed by atoms with Crippen molar-refractivity contribution in [2.24, 2.45) is 0 Å². The summed E-state index contributed by atoms with van der Waals surface area (Å²) in [6.07, 6.45) is 1.88. The summed E-state index contributed by atoms with van der Waals surface area (Å²) in [5, 5.41) is 4.28. The SMILES string of the molecule is CCN(CC)c1ncc(CNCCNS(=O)(=O)c2ccc(C)cc2)s1. The fourth-order valence-corrected chi connectivity index (χ4v) is 4.34. The van der Waals surface area contributed by atoms with E-state index >= 15 is 0 Å². The molecule has 2 rings (SSSR count). The first-order chi connectivity index (χ1) is 12.0. The van der Waals surface area contributed by atoms with Gasteiger partial charge in [0.1, 0.15) is 0 Å². The molecular formula is C17H26N4O2S2. The third-order valence-electron chi connectivity index (χ3n) is 3.80. The molecule has 1 aromatic heterocycles. The van der Waals surface area contributed by atoms with Crippen LogP contribution in [0.5, 0.6) is 0 Å². The second-order valence-electron chi connectivity index (χ2n) is 5.67. The van der Waals surface area contributed by atoms with E-state index in [1.165, 1.54) is 0 Å². The van der Waals surface area contributed by atoms with Gasteiger partial charge in [-0.15, -0.1) is 11.3 Å². The Bertz CT molecular complexity index is 753. The van der Waals surface area contributed by atoms with E-state index in [-0.39, 0.29) is 0 Å².